The molecule has 0 spiro atoms. The summed E-state index contributed by atoms with van der Waals surface area (Å²) in [4.78, 5) is 22.7. The van der Waals surface area contributed by atoms with Crippen LogP contribution in [0.3, 0.4) is 0 Å². The van der Waals surface area contributed by atoms with Crippen molar-refractivity contribution in [2.75, 3.05) is 23.9 Å². The van der Waals surface area contributed by atoms with Crippen LogP contribution in [0.4, 0.5) is 11.8 Å². The molecule has 1 aromatic carbocycles. The van der Waals surface area contributed by atoms with Gasteiger partial charge in [0, 0.05) is 24.7 Å². The number of esters is 1. The third kappa shape index (κ3) is 5.31. The maximum atomic E-state index is 12.3. The molecule has 0 fully saturated rings. The van der Waals surface area contributed by atoms with Crippen molar-refractivity contribution in [2.45, 2.75) is 33.1 Å². The van der Waals surface area contributed by atoms with E-state index in [1.54, 1.807) is 4.90 Å². The van der Waals surface area contributed by atoms with Gasteiger partial charge in [-0.2, -0.15) is 0 Å². The Hall–Kier alpha value is -4.01. The predicted molar refractivity (Wildman–Crippen MR) is 127 cm³/mol. The van der Waals surface area contributed by atoms with Gasteiger partial charge in [0.05, 0.1) is 24.4 Å². The predicted octanol–water partition coefficient (Wildman–Crippen LogP) is 4.44. The van der Waals surface area contributed by atoms with E-state index in [-0.39, 0.29) is 17.9 Å². The number of hydrogen-bond acceptors (Lipinski definition) is 9. The van der Waals surface area contributed by atoms with E-state index in [1.165, 1.54) is 18.7 Å². The van der Waals surface area contributed by atoms with Gasteiger partial charge in [0.1, 0.15) is 24.1 Å². The van der Waals surface area contributed by atoms with E-state index in [2.05, 4.69) is 15.3 Å². The maximum absolute atomic E-state index is 12.3. The van der Waals surface area contributed by atoms with Crippen molar-refractivity contribution in [3.63, 3.8) is 0 Å². The normalized spacial score (nSPS) is 15.9. The Morgan fingerprint density at radius 2 is 2.06 bits per heavy atom. The second-order valence-corrected chi connectivity index (χ2v) is 7.76. The molecule has 0 aliphatic carbocycles. The van der Waals surface area contributed by atoms with E-state index in [1.807, 2.05) is 63.4 Å². The lowest BCUT2D eigenvalue weighted by Crippen LogP contribution is -2.36. The first kappa shape index (κ1) is 23.2. The SMILES string of the molecule is CCC(C)C(=O)OC1OC=C(c2ccc(OCCc3cccc(NC)n3)cc2)N1c1ncco1. The Morgan fingerprint density at radius 1 is 1.24 bits per heavy atom. The minimum absolute atomic E-state index is 0.244. The minimum Gasteiger partial charge on any atom is -0.493 e. The van der Waals surface area contributed by atoms with Crippen LogP contribution in [0.2, 0.25) is 0 Å². The molecule has 3 aromatic rings. The number of hydrogen-bond donors (Lipinski definition) is 1. The Kier molecular flexibility index (Phi) is 7.31. The number of carbonyl (C=O) groups is 1. The van der Waals surface area contributed by atoms with Gasteiger partial charge in [0.2, 0.25) is 0 Å². The van der Waals surface area contributed by atoms with E-state index in [4.69, 9.17) is 18.6 Å². The van der Waals surface area contributed by atoms with Crippen LogP contribution in [0.15, 0.2) is 65.6 Å². The van der Waals surface area contributed by atoms with Crippen molar-refractivity contribution in [2.24, 2.45) is 5.92 Å². The molecule has 0 saturated carbocycles. The van der Waals surface area contributed by atoms with Crippen LogP contribution in [0, 0.1) is 5.92 Å². The molecule has 34 heavy (non-hydrogen) atoms. The highest BCUT2D eigenvalue weighted by atomic mass is 16.7. The molecule has 0 amide bonds. The molecule has 2 aromatic heterocycles. The molecular formula is C25H28N4O5. The van der Waals surface area contributed by atoms with Crippen LogP contribution in [0.1, 0.15) is 31.5 Å². The van der Waals surface area contributed by atoms with Crippen LogP contribution in [-0.4, -0.2) is 36.0 Å². The summed E-state index contributed by atoms with van der Waals surface area (Å²) in [5.41, 5.74) is 2.44. The number of rotatable bonds is 10. The fourth-order valence-electron chi connectivity index (χ4n) is 3.31. The van der Waals surface area contributed by atoms with Gasteiger partial charge in [-0.25, -0.2) is 14.9 Å². The van der Waals surface area contributed by atoms with Gasteiger partial charge >= 0.3 is 18.4 Å². The number of nitrogens with zero attached hydrogens (tertiary/aromatic N) is 3. The number of benzene rings is 1. The second kappa shape index (κ2) is 10.7. The van der Waals surface area contributed by atoms with E-state index in [9.17, 15) is 4.79 Å². The number of oxazole rings is 1. The summed E-state index contributed by atoms with van der Waals surface area (Å²) < 4.78 is 22.6. The number of pyridine rings is 1. The van der Waals surface area contributed by atoms with Crippen molar-refractivity contribution in [1.29, 1.82) is 0 Å². The highest BCUT2D eigenvalue weighted by Crippen LogP contribution is 2.34. The molecule has 1 aliphatic rings. The standard InChI is InChI=1S/C25H28N4O5/c1-4-17(2)23(30)34-25-29(24-27-13-15-32-24)21(16-33-25)18-8-10-20(11-9-18)31-14-12-19-6-5-7-22(26-3)28-19/h5-11,13,15-17,25H,4,12,14H2,1-3H3,(H,26,28). The van der Waals surface area contributed by atoms with Gasteiger partial charge in [-0.1, -0.05) is 19.9 Å². The first-order valence-corrected chi connectivity index (χ1v) is 11.2. The Morgan fingerprint density at radius 3 is 2.76 bits per heavy atom. The molecule has 178 valence electrons. The molecule has 1 aliphatic heterocycles. The molecule has 0 bridgehead atoms. The second-order valence-electron chi connectivity index (χ2n) is 7.76. The number of ether oxygens (including phenoxy) is 3. The van der Waals surface area contributed by atoms with Gasteiger partial charge in [-0.3, -0.25) is 4.79 Å². The molecular weight excluding hydrogens is 436 g/mol. The molecule has 0 saturated heterocycles. The molecule has 2 unspecified atom stereocenters. The summed E-state index contributed by atoms with van der Waals surface area (Å²) in [5, 5.41) is 3.03. The topological polar surface area (TPSA) is 99.0 Å². The van der Waals surface area contributed by atoms with Crippen LogP contribution < -0.4 is 15.0 Å². The third-order valence-electron chi connectivity index (χ3n) is 5.46. The van der Waals surface area contributed by atoms with E-state index < -0.39 is 6.41 Å². The van der Waals surface area contributed by atoms with E-state index in [0.29, 0.717) is 25.1 Å². The summed E-state index contributed by atoms with van der Waals surface area (Å²) in [6.45, 7) is 4.24. The maximum Gasteiger partial charge on any atom is 0.337 e. The molecule has 0 radical (unpaired) electrons. The Bertz CT molecular complexity index is 1110. The van der Waals surface area contributed by atoms with Crippen LogP contribution in [-0.2, 0) is 20.7 Å². The molecule has 9 heteroatoms. The number of aromatic nitrogens is 2. The molecule has 2 atom stereocenters. The fourth-order valence-corrected chi connectivity index (χ4v) is 3.31. The monoisotopic (exact) mass is 464 g/mol. The zero-order chi connectivity index (χ0) is 23.9. The Labute approximate surface area is 198 Å². The quantitative estimate of drug-likeness (QED) is 0.437. The average molecular weight is 465 g/mol. The zero-order valence-electron chi connectivity index (χ0n) is 19.4. The Balaban J connectivity index is 1.41. The van der Waals surface area contributed by atoms with Crippen LogP contribution >= 0.6 is 0 Å². The number of carbonyl (C=O) groups excluding carboxylic acids is 1. The summed E-state index contributed by atoms with van der Waals surface area (Å²) in [6, 6.07) is 13.7. The minimum atomic E-state index is -0.994. The van der Waals surface area contributed by atoms with Crippen LogP contribution in [0.25, 0.3) is 5.70 Å². The van der Waals surface area contributed by atoms with Crippen molar-refractivity contribution in [1.82, 2.24) is 9.97 Å². The number of anilines is 2. The number of nitrogens with one attached hydrogen (secondary N) is 1. The van der Waals surface area contributed by atoms with Crippen molar-refractivity contribution >= 4 is 23.5 Å². The first-order valence-electron chi connectivity index (χ1n) is 11.2. The van der Waals surface area contributed by atoms with Gasteiger partial charge in [-0.05, 0) is 42.8 Å². The lowest BCUT2D eigenvalue weighted by Gasteiger charge is -2.24. The highest BCUT2D eigenvalue weighted by molar-refractivity contribution is 5.79. The summed E-state index contributed by atoms with van der Waals surface area (Å²) in [5.74, 6) is 0.969. The molecule has 4 rings (SSSR count). The molecule has 9 nitrogen and oxygen atoms in total. The van der Waals surface area contributed by atoms with Gasteiger partial charge < -0.3 is 23.9 Å². The summed E-state index contributed by atoms with van der Waals surface area (Å²) in [7, 11) is 1.84. The molecule has 1 N–H and O–H groups in total. The summed E-state index contributed by atoms with van der Waals surface area (Å²) in [6.07, 6.45) is 4.88. The van der Waals surface area contributed by atoms with Crippen molar-refractivity contribution < 1.29 is 23.4 Å². The van der Waals surface area contributed by atoms with Crippen molar-refractivity contribution in [3.8, 4) is 5.75 Å². The van der Waals surface area contributed by atoms with E-state index >= 15 is 0 Å². The van der Waals surface area contributed by atoms with E-state index in [0.717, 1.165) is 22.8 Å². The van der Waals surface area contributed by atoms with Gasteiger partial charge in [-0.15, -0.1) is 0 Å². The summed E-state index contributed by atoms with van der Waals surface area (Å²) >= 11 is 0. The highest BCUT2D eigenvalue weighted by Gasteiger charge is 2.36. The average Bonchev–Trinajstić information content (AvgIpc) is 3.54. The first-order chi connectivity index (χ1) is 16.6. The van der Waals surface area contributed by atoms with Gasteiger partial charge in [0.15, 0.2) is 0 Å². The zero-order valence-corrected chi connectivity index (χ0v) is 19.4. The fraction of sp³-hybridized carbons (Fsp3) is 0.320. The lowest BCUT2D eigenvalue weighted by atomic mass is 10.1. The molecule has 3 heterocycles. The van der Waals surface area contributed by atoms with Crippen LogP contribution in [0.5, 0.6) is 5.75 Å². The smallest absolute Gasteiger partial charge is 0.337 e. The lowest BCUT2D eigenvalue weighted by molar-refractivity contribution is -0.170. The largest absolute Gasteiger partial charge is 0.493 e. The van der Waals surface area contributed by atoms with Crippen molar-refractivity contribution in [3.05, 3.63) is 72.4 Å². The third-order valence-corrected chi connectivity index (χ3v) is 5.46. The van der Waals surface area contributed by atoms with Gasteiger partial charge in [0.25, 0.3) is 0 Å².